The maximum atomic E-state index is 10.5. The monoisotopic (exact) mass is 306 g/mol. The molecule has 0 saturated heterocycles. The number of aryl methyl sites for hydroxylation is 1. The Morgan fingerprint density at radius 1 is 1.62 bits per heavy atom. The second-order valence-electron chi connectivity index (χ2n) is 4.42. The molecule has 0 aliphatic heterocycles. The van der Waals surface area contributed by atoms with Crippen molar-refractivity contribution in [3.05, 3.63) is 56.0 Å². The average molecular weight is 306 g/mol. The zero-order valence-electron chi connectivity index (χ0n) is 11.6. The fourth-order valence-corrected chi connectivity index (χ4v) is 2.27. The molecule has 2 rings (SSSR count). The Labute approximate surface area is 124 Å². The number of hydrogen-bond donors (Lipinski definition) is 0. The molecular formula is C13H14N4O3S. The topological polar surface area (TPSA) is 85.9 Å². The summed E-state index contributed by atoms with van der Waals surface area (Å²) < 4.78 is 6.67. The first kappa shape index (κ1) is 14.9. The van der Waals surface area contributed by atoms with Gasteiger partial charge in [-0.25, -0.2) is 4.68 Å². The van der Waals surface area contributed by atoms with Crippen molar-refractivity contribution in [2.45, 2.75) is 13.8 Å². The summed E-state index contributed by atoms with van der Waals surface area (Å²) >= 11 is 1.47. The first-order chi connectivity index (χ1) is 9.97. The number of rotatable bonds is 5. The quantitative estimate of drug-likeness (QED) is 0.368. The van der Waals surface area contributed by atoms with Gasteiger partial charge in [-0.05, 0) is 19.9 Å². The molecule has 110 valence electrons. The van der Waals surface area contributed by atoms with E-state index in [1.54, 1.807) is 4.68 Å². The molecule has 2 aromatic heterocycles. The third kappa shape index (κ3) is 3.76. The van der Waals surface area contributed by atoms with Crippen molar-refractivity contribution >= 4 is 23.4 Å². The van der Waals surface area contributed by atoms with Gasteiger partial charge in [-0.15, -0.1) is 11.3 Å². The molecule has 0 bridgehead atoms. The van der Waals surface area contributed by atoms with E-state index in [2.05, 4.69) is 16.7 Å². The number of hydrogen-bond acceptors (Lipinski definition) is 6. The molecular weight excluding hydrogens is 292 g/mol. The van der Waals surface area contributed by atoms with Crippen molar-refractivity contribution in [2.75, 3.05) is 6.54 Å². The average Bonchev–Trinajstić information content (AvgIpc) is 3.01. The number of nitro groups is 1. The Balaban J connectivity index is 2.28. The van der Waals surface area contributed by atoms with Crippen molar-refractivity contribution in [3.63, 3.8) is 0 Å². The highest BCUT2D eigenvalue weighted by atomic mass is 32.1. The van der Waals surface area contributed by atoms with E-state index < -0.39 is 4.92 Å². The zero-order valence-corrected chi connectivity index (χ0v) is 12.5. The second-order valence-corrected chi connectivity index (χ2v) is 5.26. The summed E-state index contributed by atoms with van der Waals surface area (Å²) in [5, 5.41) is 16.7. The molecule has 7 nitrogen and oxygen atoms in total. The first-order valence-corrected chi connectivity index (χ1v) is 6.96. The van der Waals surface area contributed by atoms with Gasteiger partial charge >= 0.3 is 5.88 Å². The van der Waals surface area contributed by atoms with Gasteiger partial charge < -0.3 is 4.42 Å². The lowest BCUT2D eigenvalue weighted by Gasteiger charge is -1.96. The molecule has 0 spiro atoms. The van der Waals surface area contributed by atoms with Gasteiger partial charge in [-0.3, -0.25) is 15.1 Å². The minimum Gasteiger partial charge on any atom is -0.400 e. The maximum Gasteiger partial charge on any atom is 0.433 e. The van der Waals surface area contributed by atoms with Crippen molar-refractivity contribution in [3.8, 4) is 0 Å². The molecule has 0 aliphatic rings. The minimum absolute atomic E-state index is 0.310. The number of aromatic nitrogens is 1. The minimum atomic E-state index is -0.589. The third-order valence-electron chi connectivity index (χ3n) is 2.43. The van der Waals surface area contributed by atoms with Crippen molar-refractivity contribution in [1.29, 1.82) is 0 Å². The Bertz CT molecular complexity index is 766. The SMILES string of the molecule is C=C(C)CN=c1scc(C)n1N=Cc1ccc([N+](=O)[O-])o1. The van der Waals surface area contributed by atoms with Crippen LogP contribution in [0.15, 0.2) is 44.2 Å². The number of thiazole rings is 1. The smallest absolute Gasteiger partial charge is 0.400 e. The molecule has 0 aromatic carbocycles. The molecule has 2 heterocycles. The van der Waals surface area contributed by atoms with Gasteiger partial charge in [0.25, 0.3) is 0 Å². The Hall–Kier alpha value is -2.48. The van der Waals surface area contributed by atoms with Crippen LogP contribution in [0.4, 0.5) is 5.88 Å². The fourth-order valence-electron chi connectivity index (χ4n) is 1.46. The van der Waals surface area contributed by atoms with Crippen LogP contribution in [0.2, 0.25) is 0 Å². The van der Waals surface area contributed by atoms with E-state index in [-0.39, 0.29) is 5.88 Å². The van der Waals surface area contributed by atoms with Crippen LogP contribution >= 0.6 is 11.3 Å². The molecule has 0 atom stereocenters. The summed E-state index contributed by atoms with van der Waals surface area (Å²) in [6.45, 7) is 8.14. The Morgan fingerprint density at radius 2 is 2.38 bits per heavy atom. The lowest BCUT2D eigenvalue weighted by molar-refractivity contribution is -0.402. The molecule has 0 aliphatic carbocycles. The van der Waals surface area contributed by atoms with E-state index in [1.807, 2.05) is 19.2 Å². The highest BCUT2D eigenvalue weighted by Gasteiger charge is 2.10. The van der Waals surface area contributed by atoms with Crippen LogP contribution in [0.25, 0.3) is 0 Å². The third-order valence-corrected chi connectivity index (χ3v) is 3.40. The summed E-state index contributed by atoms with van der Waals surface area (Å²) in [6, 6.07) is 2.79. The lowest BCUT2D eigenvalue weighted by atomic mass is 10.4. The highest BCUT2D eigenvalue weighted by molar-refractivity contribution is 7.07. The van der Waals surface area contributed by atoms with Gasteiger partial charge in [-0.2, -0.15) is 5.10 Å². The van der Waals surface area contributed by atoms with Gasteiger partial charge in [0.05, 0.1) is 24.5 Å². The van der Waals surface area contributed by atoms with E-state index >= 15 is 0 Å². The highest BCUT2D eigenvalue weighted by Crippen LogP contribution is 2.14. The molecule has 0 N–H and O–H groups in total. The first-order valence-electron chi connectivity index (χ1n) is 6.08. The Morgan fingerprint density at radius 3 is 3.00 bits per heavy atom. The van der Waals surface area contributed by atoms with Gasteiger partial charge in [0.1, 0.15) is 4.92 Å². The Kier molecular flexibility index (Phi) is 4.49. The summed E-state index contributed by atoms with van der Waals surface area (Å²) in [5.41, 5.74) is 1.87. The standard InChI is InChI=1S/C13H14N4O3S/c1-9(2)6-14-13-16(10(3)8-21-13)15-7-11-4-5-12(20-11)17(18)19/h4-5,7-8H,1,6H2,2-3H3. The molecule has 0 radical (unpaired) electrons. The predicted molar refractivity (Wildman–Crippen MR) is 80.6 cm³/mol. The lowest BCUT2D eigenvalue weighted by Crippen LogP contribution is -2.12. The van der Waals surface area contributed by atoms with Crippen LogP contribution in [0, 0.1) is 17.0 Å². The molecule has 0 saturated carbocycles. The molecule has 0 unspecified atom stereocenters. The number of nitrogens with zero attached hydrogens (tertiary/aromatic N) is 4. The summed E-state index contributed by atoms with van der Waals surface area (Å²) in [6.07, 6.45) is 1.42. The van der Waals surface area contributed by atoms with E-state index in [4.69, 9.17) is 4.42 Å². The molecule has 2 aromatic rings. The largest absolute Gasteiger partial charge is 0.433 e. The number of furan rings is 1. The summed E-state index contributed by atoms with van der Waals surface area (Å²) in [4.78, 5) is 15.1. The van der Waals surface area contributed by atoms with E-state index in [1.165, 1.54) is 29.7 Å². The normalized spacial score (nSPS) is 12.2. The van der Waals surface area contributed by atoms with Crippen LogP contribution in [0.3, 0.4) is 0 Å². The molecule has 21 heavy (non-hydrogen) atoms. The zero-order chi connectivity index (χ0) is 15.4. The maximum absolute atomic E-state index is 10.5. The summed E-state index contributed by atoms with van der Waals surface area (Å²) in [5.74, 6) is 0.00124. The van der Waals surface area contributed by atoms with E-state index in [9.17, 15) is 10.1 Å². The van der Waals surface area contributed by atoms with Gasteiger partial charge in [0.15, 0.2) is 5.76 Å². The van der Waals surface area contributed by atoms with E-state index in [0.29, 0.717) is 12.3 Å². The second kappa shape index (κ2) is 6.31. The molecule has 0 fully saturated rings. The van der Waals surface area contributed by atoms with Crippen molar-refractivity contribution in [2.24, 2.45) is 10.1 Å². The molecule has 0 amide bonds. The van der Waals surface area contributed by atoms with E-state index in [0.717, 1.165) is 16.1 Å². The van der Waals surface area contributed by atoms with Crippen LogP contribution in [0.5, 0.6) is 0 Å². The summed E-state index contributed by atoms with van der Waals surface area (Å²) in [7, 11) is 0. The van der Waals surface area contributed by atoms with Gasteiger partial charge in [0.2, 0.25) is 4.80 Å². The van der Waals surface area contributed by atoms with Gasteiger partial charge in [-0.1, -0.05) is 12.2 Å². The van der Waals surface area contributed by atoms with Crippen LogP contribution in [-0.2, 0) is 0 Å². The van der Waals surface area contributed by atoms with Crippen LogP contribution in [-0.4, -0.2) is 22.4 Å². The van der Waals surface area contributed by atoms with Crippen molar-refractivity contribution < 1.29 is 9.34 Å². The molecule has 8 heteroatoms. The van der Waals surface area contributed by atoms with Crippen molar-refractivity contribution in [1.82, 2.24) is 4.68 Å². The fraction of sp³-hybridized carbons (Fsp3) is 0.231. The van der Waals surface area contributed by atoms with Crippen LogP contribution < -0.4 is 4.80 Å². The predicted octanol–water partition coefficient (Wildman–Crippen LogP) is 2.72. The van der Waals surface area contributed by atoms with Gasteiger partial charge in [0, 0.05) is 5.38 Å². The van der Waals surface area contributed by atoms with Crippen LogP contribution in [0.1, 0.15) is 18.4 Å².